The highest BCUT2D eigenvalue weighted by molar-refractivity contribution is 6.05. The molecule has 0 saturated heterocycles. The first-order valence-corrected chi connectivity index (χ1v) is 5.01. The summed E-state index contributed by atoms with van der Waals surface area (Å²) in [6.45, 7) is 0.481. The molecule has 80 valence electrons. The Morgan fingerprint density at radius 2 is 2.25 bits per heavy atom. The predicted molar refractivity (Wildman–Crippen MR) is 62.0 cm³/mol. The van der Waals surface area contributed by atoms with Crippen LogP contribution in [0.2, 0.25) is 0 Å². The second kappa shape index (κ2) is 4.54. The summed E-state index contributed by atoms with van der Waals surface area (Å²) in [4.78, 5) is 11.8. The molecule has 2 aromatic rings. The molecule has 0 aliphatic heterocycles. The summed E-state index contributed by atoms with van der Waals surface area (Å²) in [6.07, 6.45) is 7.10. The van der Waals surface area contributed by atoms with Crippen molar-refractivity contribution in [2.24, 2.45) is 0 Å². The minimum absolute atomic E-state index is 0.153. The summed E-state index contributed by atoms with van der Waals surface area (Å²) in [5.74, 6) is 2.31. The fourth-order valence-electron chi connectivity index (χ4n) is 1.50. The molecule has 1 N–H and O–H groups in total. The predicted octanol–water partition coefficient (Wildman–Crippen LogP) is 2.19. The summed E-state index contributed by atoms with van der Waals surface area (Å²) in [6, 6.07) is 7.42. The van der Waals surface area contributed by atoms with Crippen LogP contribution in [0, 0.1) is 12.3 Å². The number of hydrogen-bond acceptors (Lipinski definition) is 2. The molecule has 16 heavy (non-hydrogen) atoms. The number of furan rings is 1. The molecule has 1 amide bonds. The van der Waals surface area contributed by atoms with Crippen LogP contribution in [-0.2, 0) is 0 Å². The van der Waals surface area contributed by atoms with E-state index in [1.807, 2.05) is 24.3 Å². The van der Waals surface area contributed by atoms with Gasteiger partial charge in [0.05, 0.1) is 5.56 Å². The second-order valence-corrected chi connectivity index (χ2v) is 3.36. The molecule has 0 spiro atoms. The Morgan fingerprint density at radius 3 is 3.06 bits per heavy atom. The highest BCUT2D eigenvalue weighted by Crippen LogP contribution is 2.20. The molecule has 0 saturated carbocycles. The van der Waals surface area contributed by atoms with E-state index in [-0.39, 0.29) is 5.91 Å². The van der Waals surface area contributed by atoms with E-state index in [2.05, 4.69) is 11.2 Å². The van der Waals surface area contributed by atoms with Gasteiger partial charge in [-0.05, 0) is 6.07 Å². The first-order chi connectivity index (χ1) is 7.83. The van der Waals surface area contributed by atoms with E-state index in [4.69, 9.17) is 10.8 Å². The van der Waals surface area contributed by atoms with Gasteiger partial charge in [-0.1, -0.05) is 18.2 Å². The van der Waals surface area contributed by atoms with Crippen molar-refractivity contribution in [1.82, 2.24) is 5.32 Å². The van der Waals surface area contributed by atoms with Gasteiger partial charge in [0.15, 0.2) is 0 Å². The Hall–Kier alpha value is -2.21. The monoisotopic (exact) mass is 213 g/mol. The smallest absolute Gasteiger partial charge is 0.255 e. The lowest BCUT2D eigenvalue weighted by atomic mass is 10.1. The highest BCUT2D eigenvalue weighted by Gasteiger charge is 2.11. The molecule has 0 aliphatic rings. The van der Waals surface area contributed by atoms with E-state index in [0.29, 0.717) is 24.1 Å². The number of terminal acetylenes is 1. The van der Waals surface area contributed by atoms with Crippen LogP contribution < -0.4 is 5.32 Å². The number of carbonyl (C=O) groups is 1. The minimum Gasteiger partial charge on any atom is -0.463 e. The van der Waals surface area contributed by atoms with E-state index in [1.165, 1.54) is 6.26 Å². The summed E-state index contributed by atoms with van der Waals surface area (Å²) < 4.78 is 5.28. The normalized spacial score (nSPS) is 9.94. The maximum Gasteiger partial charge on any atom is 0.255 e. The fourth-order valence-corrected chi connectivity index (χ4v) is 1.50. The van der Waals surface area contributed by atoms with Crippen LogP contribution >= 0.6 is 0 Å². The minimum atomic E-state index is -0.153. The van der Waals surface area contributed by atoms with Crippen molar-refractivity contribution in [3.63, 3.8) is 0 Å². The van der Waals surface area contributed by atoms with Crippen molar-refractivity contribution >= 4 is 16.9 Å². The van der Waals surface area contributed by atoms with Crippen LogP contribution in [0.4, 0.5) is 0 Å². The number of para-hydroxylation sites is 1. The van der Waals surface area contributed by atoms with Crippen molar-refractivity contribution in [3.05, 3.63) is 36.1 Å². The molecule has 0 unspecified atom stereocenters. The lowest BCUT2D eigenvalue weighted by Gasteiger charge is -2.00. The van der Waals surface area contributed by atoms with Crippen molar-refractivity contribution < 1.29 is 9.21 Å². The molecule has 0 atom stereocenters. The van der Waals surface area contributed by atoms with E-state index in [1.54, 1.807) is 0 Å². The van der Waals surface area contributed by atoms with E-state index in [0.717, 1.165) is 5.39 Å². The Morgan fingerprint density at radius 1 is 1.44 bits per heavy atom. The quantitative estimate of drug-likeness (QED) is 0.627. The van der Waals surface area contributed by atoms with Gasteiger partial charge in [0.2, 0.25) is 0 Å². The average Bonchev–Trinajstić information content (AvgIpc) is 2.73. The zero-order chi connectivity index (χ0) is 11.4. The van der Waals surface area contributed by atoms with Gasteiger partial charge in [-0.25, -0.2) is 0 Å². The van der Waals surface area contributed by atoms with E-state index < -0.39 is 0 Å². The third kappa shape index (κ3) is 1.91. The summed E-state index contributed by atoms with van der Waals surface area (Å²) in [7, 11) is 0. The fraction of sp³-hybridized carbons (Fsp3) is 0.154. The van der Waals surface area contributed by atoms with Crippen molar-refractivity contribution in [3.8, 4) is 12.3 Å². The van der Waals surface area contributed by atoms with Crippen LogP contribution in [0.3, 0.4) is 0 Å². The maximum atomic E-state index is 11.8. The Balaban J connectivity index is 2.20. The van der Waals surface area contributed by atoms with Gasteiger partial charge in [-0.2, -0.15) is 0 Å². The third-order valence-electron chi connectivity index (χ3n) is 2.28. The lowest BCUT2D eigenvalue weighted by Crippen LogP contribution is -2.23. The largest absolute Gasteiger partial charge is 0.463 e. The highest BCUT2D eigenvalue weighted by atomic mass is 16.3. The van der Waals surface area contributed by atoms with Crippen LogP contribution in [-0.4, -0.2) is 12.5 Å². The van der Waals surface area contributed by atoms with Gasteiger partial charge < -0.3 is 9.73 Å². The van der Waals surface area contributed by atoms with Gasteiger partial charge in [0, 0.05) is 18.4 Å². The summed E-state index contributed by atoms with van der Waals surface area (Å²) in [5.41, 5.74) is 1.26. The molecule has 0 bridgehead atoms. The zero-order valence-electron chi connectivity index (χ0n) is 8.69. The first kappa shape index (κ1) is 10.3. The van der Waals surface area contributed by atoms with Gasteiger partial charge in [0.25, 0.3) is 5.91 Å². The molecule has 2 rings (SSSR count). The zero-order valence-corrected chi connectivity index (χ0v) is 8.69. The Kier molecular flexibility index (Phi) is 2.93. The molecule has 3 heteroatoms. The molecule has 3 nitrogen and oxygen atoms in total. The van der Waals surface area contributed by atoms with Crippen LogP contribution in [0.5, 0.6) is 0 Å². The van der Waals surface area contributed by atoms with Crippen molar-refractivity contribution in [2.75, 3.05) is 6.54 Å². The number of amides is 1. The average molecular weight is 213 g/mol. The Bertz CT molecular complexity index is 548. The summed E-state index contributed by atoms with van der Waals surface area (Å²) >= 11 is 0. The first-order valence-electron chi connectivity index (χ1n) is 5.01. The maximum absolute atomic E-state index is 11.8. The molecule has 0 fully saturated rings. The van der Waals surface area contributed by atoms with Crippen molar-refractivity contribution in [2.45, 2.75) is 6.42 Å². The number of benzene rings is 1. The number of fused-ring (bicyclic) bond motifs is 1. The van der Waals surface area contributed by atoms with Gasteiger partial charge >= 0.3 is 0 Å². The molecule has 1 aromatic heterocycles. The Labute approximate surface area is 93.4 Å². The SMILES string of the molecule is C#CCCNC(=O)c1coc2ccccc12. The lowest BCUT2D eigenvalue weighted by molar-refractivity contribution is 0.0955. The number of carbonyl (C=O) groups excluding carboxylic acids is 1. The molecule has 1 aromatic carbocycles. The topological polar surface area (TPSA) is 42.2 Å². The molecular formula is C13H11NO2. The van der Waals surface area contributed by atoms with Gasteiger partial charge in [0.1, 0.15) is 11.8 Å². The van der Waals surface area contributed by atoms with Gasteiger partial charge in [-0.3, -0.25) is 4.79 Å². The van der Waals surface area contributed by atoms with Crippen LogP contribution in [0.1, 0.15) is 16.8 Å². The van der Waals surface area contributed by atoms with E-state index in [9.17, 15) is 4.79 Å². The van der Waals surface area contributed by atoms with Gasteiger partial charge in [-0.15, -0.1) is 12.3 Å². The standard InChI is InChI=1S/C13H11NO2/c1-2-3-8-14-13(15)11-9-16-12-7-5-4-6-10(11)12/h1,4-7,9H,3,8H2,(H,14,15). The molecular weight excluding hydrogens is 202 g/mol. The van der Waals surface area contributed by atoms with E-state index >= 15 is 0 Å². The number of hydrogen-bond donors (Lipinski definition) is 1. The molecule has 0 aliphatic carbocycles. The van der Waals surface area contributed by atoms with Crippen LogP contribution in [0.15, 0.2) is 34.9 Å². The summed E-state index contributed by atoms with van der Waals surface area (Å²) in [5, 5.41) is 3.56. The molecule has 1 heterocycles. The molecule has 0 radical (unpaired) electrons. The number of nitrogens with one attached hydrogen (secondary N) is 1. The van der Waals surface area contributed by atoms with Crippen LogP contribution in [0.25, 0.3) is 11.0 Å². The van der Waals surface area contributed by atoms with Crippen molar-refractivity contribution in [1.29, 1.82) is 0 Å². The number of rotatable bonds is 3. The third-order valence-corrected chi connectivity index (χ3v) is 2.28. The second-order valence-electron chi connectivity index (χ2n) is 3.36.